The molecule has 2 aromatic heterocycles. The SMILES string of the molecule is N#Cc1ccsc1C(=O)Nc1nnc(C(F)(F)F)s1. The highest BCUT2D eigenvalue weighted by atomic mass is 32.1. The number of carbonyl (C=O) groups is 1. The largest absolute Gasteiger partial charge is 0.445 e. The van der Waals surface area contributed by atoms with Crippen molar-refractivity contribution in [3.05, 3.63) is 26.9 Å². The summed E-state index contributed by atoms with van der Waals surface area (Å²) >= 11 is 1.23. The molecular formula is C9H3F3N4OS2. The summed E-state index contributed by atoms with van der Waals surface area (Å²) in [7, 11) is 0. The Labute approximate surface area is 112 Å². The first-order valence-corrected chi connectivity index (χ1v) is 6.31. The zero-order valence-electron chi connectivity index (χ0n) is 8.85. The summed E-state index contributed by atoms with van der Waals surface area (Å²) in [5, 5.41) is 17.2. The van der Waals surface area contributed by atoms with Gasteiger partial charge in [-0.2, -0.15) is 18.4 Å². The van der Waals surface area contributed by atoms with E-state index in [0.717, 1.165) is 11.3 Å². The fourth-order valence-electron chi connectivity index (χ4n) is 1.12. The molecule has 2 aromatic rings. The number of thiophene rings is 1. The molecule has 0 saturated carbocycles. The number of hydrogen-bond acceptors (Lipinski definition) is 6. The van der Waals surface area contributed by atoms with Crippen LogP contribution in [0.3, 0.4) is 0 Å². The van der Waals surface area contributed by atoms with Gasteiger partial charge in [-0.1, -0.05) is 11.3 Å². The van der Waals surface area contributed by atoms with Crippen LogP contribution >= 0.6 is 22.7 Å². The third-order valence-electron chi connectivity index (χ3n) is 1.88. The summed E-state index contributed by atoms with van der Waals surface area (Å²) in [5.41, 5.74) is 0.156. The molecule has 0 atom stereocenters. The van der Waals surface area contributed by atoms with E-state index in [1.807, 2.05) is 6.07 Å². The van der Waals surface area contributed by atoms with Gasteiger partial charge in [-0.25, -0.2) is 0 Å². The van der Waals surface area contributed by atoms with Crippen LogP contribution in [0.4, 0.5) is 18.3 Å². The van der Waals surface area contributed by atoms with Crippen molar-refractivity contribution in [3.8, 4) is 6.07 Å². The van der Waals surface area contributed by atoms with Gasteiger partial charge in [0.15, 0.2) is 0 Å². The van der Waals surface area contributed by atoms with Gasteiger partial charge in [0.05, 0.1) is 5.56 Å². The molecule has 1 N–H and O–H groups in total. The number of carbonyl (C=O) groups excluding carboxylic acids is 1. The van der Waals surface area contributed by atoms with E-state index >= 15 is 0 Å². The third kappa shape index (κ3) is 2.88. The second-order valence-corrected chi connectivity index (χ2v) is 5.03. The molecule has 0 unspecified atom stereocenters. The summed E-state index contributed by atoms with van der Waals surface area (Å²) in [4.78, 5) is 11.8. The monoisotopic (exact) mass is 304 g/mol. The van der Waals surface area contributed by atoms with Crippen LogP contribution in [0.15, 0.2) is 11.4 Å². The number of aromatic nitrogens is 2. The number of amides is 1. The van der Waals surface area contributed by atoms with Gasteiger partial charge in [0, 0.05) is 0 Å². The Bertz CT molecular complexity index is 655. The number of rotatable bonds is 2. The Balaban J connectivity index is 2.16. The lowest BCUT2D eigenvalue weighted by Gasteiger charge is -1.99. The van der Waals surface area contributed by atoms with Crippen molar-refractivity contribution in [1.29, 1.82) is 5.26 Å². The van der Waals surface area contributed by atoms with Gasteiger partial charge in [-0.15, -0.1) is 21.5 Å². The summed E-state index contributed by atoms with van der Waals surface area (Å²) in [6, 6.07) is 3.25. The molecule has 2 heterocycles. The van der Waals surface area contributed by atoms with Crippen molar-refractivity contribution < 1.29 is 18.0 Å². The highest BCUT2D eigenvalue weighted by molar-refractivity contribution is 7.16. The van der Waals surface area contributed by atoms with E-state index in [-0.39, 0.29) is 26.9 Å². The molecule has 0 radical (unpaired) electrons. The van der Waals surface area contributed by atoms with Crippen molar-refractivity contribution in [2.45, 2.75) is 6.18 Å². The second-order valence-electron chi connectivity index (χ2n) is 3.14. The first-order chi connectivity index (χ1) is 8.91. The van der Waals surface area contributed by atoms with Crippen LogP contribution in [0.25, 0.3) is 0 Å². The van der Waals surface area contributed by atoms with E-state index in [1.165, 1.54) is 11.4 Å². The van der Waals surface area contributed by atoms with Gasteiger partial charge in [-0.3, -0.25) is 10.1 Å². The van der Waals surface area contributed by atoms with Crippen molar-refractivity contribution >= 4 is 33.7 Å². The second kappa shape index (κ2) is 4.94. The van der Waals surface area contributed by atoms with Gasteiger partial charge in [0.1, 0.15) is 10.9 Å². The number of hydrogen-bond donors (Lipinski definition) is 1. The molecule has 0 aliphatic carbocycles. The molecule has 19 heavy (non-hydrogen) atoms. The molecule has 0 aliphatic heterocycles. The molecule has 0 spiro atoms. The standard InChI is InChI=1S/C9H3F3N4OS2/c10-9(11,12)7-15-16-8(19-7)14-6(17)5-4(3-13)1-2-18-5/h1-2H,(H,14,16,17). The number of nitriles is 1. The molecule has 0 bridgehead atoms. The van der Waals surface area contributed by atoms with Crippen molar-refractivity contribution in [2.75, 3.05) is 5.32 Å². The molecule has 1 amide bonds. The first kappa shape index (κ1) is 13.4. The molecular weight excluding hydrogens is 301 g/mol. The van der Waals surface area contributed by atoms with Crippen molar-refractivity contribution in [2.24, 2.45) is 0 Å². The number of nitrogens with zero attached hydrogens (tertiary/aromatic N) is 3. The number of anilines is 1. The Hall–Kier alpha value is -1.99. The van der Waals surface area contributed by atoms with Crippen LogP contribution in [-0.2, 0) is 6.18 Å². The van der Waals surface area contributed by atoms with Gasteiger partial charge in [0.2, 0.25) is 10.1 Å². The Morgan fingerprint density at radius 3 is 2.74 bits per heavy atom. The molecule has 5 nitrogen and oxygen atoms in total. The summed E-state index contributed by atoms with van der Waals surface area (Å²) in [6.07, 6.45) is -4.60. The minimum absolute atomic E-state index is 0.117. The van der Waals surface area contributed by atoms with Crippen LogP contribution < -0.4 is 5.32 Å². The number of alkyl halides is 3. The minimum Gasteiger partial charge on any atom is -0.296 e. The molecule has 98 valence electrons. The lowest BCUT2D eigenvalue weighted by atomic mass is 10.3. The van der Waals surface area contributed by atoms with Gasteiger partial charge >= 0.3 is 6.18 Å². The third-order valence-corrected chi connectivity index (χ3v) is 3.68. The summed E-state index contributed by atoms with van der Waals surface area (Å²) in [5.74, 6) is -0.684. The zero-order chi connectivity index (χ0) is 14.0. The van der Waals surface area contributed by atoms with E-state index in [2.05, 4.69) is 15.5 Å². The minimum atomic E-state index is -4.60. The highest BCUT2D eigenvalue weighted by Crippen LogP contribution is 2.33. The quantitative estimate of drug-likeness (QED) is 0.925. The molecule has 0 saturated heterocycles. The van der Waals surface area contributed by atoms with Crippen LogP contribution in [0.2, 0.25) is 0 Å². The zero-order valence-corrected chi connectivity index (χ0v) is 10.5. The van der Waals surface area contributed by atoms with Crippen LogP contribution in [0.5, 0.6) is 0 Å². The molecule has 0 aliphatic rings. The van der Waals surface area contributed by atoms with E-state index < -0.39 is 17.1 Å². The van der Waals surface area contributed by atoms with Crippen molar-refractivity contribution in [1.82, 2.24) is 10.2 Å². The van der Waals surface area contributed by atoms with Gasteiger partial charge in [0.25, 0.3) is 5.91 Å². The highest BCUT2D eigenvalue weighted by Gasteiger charge is 2.35. The predicted molar refractivity (Wildman–Crippen MR) is 61.9 cm³/mol. The van der Waals surface area contributed by atoms with Gasteiger partial charge in [-0.05, 0) is 11.4 Å². The van der Waals surface area contributed by atoms with Gasteiger partial charge < -0.3 is 0 Å². The summed E-state index contributed by atoms with van der Waals surface area (Å²) in [6.45, 7) is 0. The number of halogens is 3. The smallest absolute Gasteiger partial charge is 0.296 e. The fourth-order valence-corrected chi connectivity index (χ4v) is 2.46. The lowest BCUT2D eigenvalue weighted by molar-refractivity contribution is -0.138. The predicted octanol–water partition coefficient (Wildman–Crippen LogP) is 2.74. The van der Waals surface area contributed by atoms with E-state index in [0.29, 0.717) is 0 Å². The van der Waals surface area contributed by atoms with Crippen LogP contribution in [0.1, 0.15) is 20.2 Å². The average Bonchev–Trinajstić information content (AvgIpc) is 2.95. The topological polar surface area (TPSA) is 78.7 Å². The molecule has 10 heteroatoms. The first-order valence-electron chi connectivity index (χ1n) is 4.61. The maximum Gasteiger partial charge on any atom is 0.445 e. The van der Waals surface area contributed by atoms with Crippen LogP contribution in [0, 0.1) is 11.3 Å². The van der Waals surface area contributed by atoms with E-state index in [9.17, 15) is 18.0 Å². The van der Waals surface area contributed by atoms with E-state index in [4.69, 9.17) is 5.26 Å². The molecule has 0 fully saturated rings. The molecule has 2 rings (SSSR count). The van der Waals surface area contributed by atoms with Crippen molar-refractivity contribution in [3.63, 3.8) is 0 Å². The van der Waals surface area contributed by atoms with Crippen LogP contribution in [-0.4, -0.2) is 16.1 Å². The maximum atomic E-state index is 12.3. The maximum absolute atomic E-state index is 12.3. The van der Waals surface area contributed by atoms with E-state index in [1.54, 1.807) is 0 Å². The number of nitrogens with one attached hydrogen (secondary N) is 1. The normalized spacial score (nSPS) is 11.1. The fraction of sp³-hybridized carbons (Fsp3) is 0.111. The Morgan fingerprint density at radius 2 is 2.16 bits per heavy atom. The Kier molecular flexibility index (Phi) is 3.50. The summed E-state index contributed by atoms with van der Waals surface area (Å²) < 4.78 is 36.9. The Morgan fingerprint density at radius 1 is 1.42 bits per heavy atom. The average molecular weight is 304 g/mol. The molecule has 0 aromatic carbocycles. The lowest BCUT2D eigenvalue weighted by Crippen LogP contribution is -2.11.